The summed E-state index contributed by atoms with van der Waals surface area (Å²) in [5.41, 5.74) is 1.59. The Hall–Kier alpha value is -1.42. The molecular formula is C16H20FNO2. The van der Waals surface area contributed by atoms with Gasteiger partial charge >= 0.3 is 5.97 Å². The van der Waals surface area contributed by atoms with Gasteiger partial charge < -0.3 is 5.11 Å². The van der Waals surface area contributed by atoms with Crippen molar-refractivity contribution in [3.63, 3.8) is 0 Å². The van der Waals surface area contributed by atoms with Crippen LogP contribution in [0.1, 0.15) is 43.4 Å². The van der Waals surface area contributed by atoms with E-state index in [0.29, 0.717) is 11.6 Å². The fourth-order valence-electron chi connectivity index (χ4n) is 3.94. The van der Waals surface area contributed by atoms with Crippen LogP contribution in [0.4, 0.5) is 4.39 Å². The summed E-state index contributed by atoms with van der Waals surface area (Å²) < 4.78 is 13.7. The van der Waals surface area contributed by atoms with Crippen molar-refractivity contribution >= 4 is 5.97 Å². The number of carboxylic acid groups (broad SMARTS) is 1. The monoisotopic (exact) mass is 277 g/mol. The maximum atomic E-state index is 13.7. The first-order valence-electron chi connectivity index (χ1n) is 7.25. The minimum Gasteiger partial charge on any atom is -0.481 e. The molecule has 2 aliphatic heterocycles. The van der Waals surface area contributed by atoms with Gasteiger partial charge in [-0.3, -0.25) is 9.69 Å². The summed E-state index contributed by atoms with van der Waals surface area (Å²) in [5.74, 6) is -1.13. The van der Waals surface area contributed by atoms with Crippen LogP contribution < -0.4 is 0 Å². The van der Waals surface area contributed by atoms with E-state index in [4.69, 9.17) is 0 Å². The molecule has 0 radical (unpaired) electrons. The van der Waals surface area contributed by atoms with Gasteiger partial charge in [-0.2, -0.15) is 0 Å². The van der Waals surface area contributed by atoms with Crippen LogP contribution in [0, 0.1) is 18.7 Å². The zero-order chi connectivity index (χ0) is 14.4. The van der Waals surface area contributed by atoms with E-state index in [9.17, 15) is 14.3 Å². The first kappa shape index (κ1) is 13.6. The molecule has 0 spiro atoms. The molecule has 4 unspecified atom stereocenters. The average molecular weight is 277 g/mol. The number of carboxylic acids is 1. The summed E-state index contributed by atoms with van der Waals surface area (Å²) in [6.45, 7) is 3.81. The van der Waals surface area contributed by atoms with Gasteiger partial charge in [0.1, 0.15) is 5.82 Å². The fourth-order valence-corrected chi connectivity index (χ4v) is 3.94. The van der Waals surface area contributed by atoms with Crippen molar-refractivity contribution in [3.8, 4) is 0 Å². The number of aliphatic carboxylic acids is 1. The molecule has 3 rings (SSSR count). The molecule has 0 aliphatic carbocycles. The zero-order valence-electron chi connectivity index (χ0n) is 11.8. The number of nitrogens with zero attached hydrogens (tertiary/aromatic N) is 1. The van der Waals surface area contributed by atoms with Gasteiger partial charge in [-0.05, 0) is 50.3 Å². The largest absolute Gasteiger partial charge is 0.481 e. The lowest BCUT2D eigenvalue weighted by atomic mass is 9.89. The standard InChI is InChI=1S/C16H20FNO2/c1-9-3-4-11(7-14(9)17)10(2)18-12-5-6-15(18)13(8-12)16(19)20/h3-4,7,10,12-13,15H,5-6,8H2,1-2H3,(H,19,20). The highest BCUT2D eigenvalue weighted by Gasteiger charge is 2.50. The topological polar surface area (TPSA) is 40.5 Å². The van der Waals surface area contributed by atoms with Gasteiger partial charge in [0.15, 0.2) is 0 Å². The quantitative estimate of drug-likeness (QED) is 0.922. The molecule has 2 bridgehead atoms. The van der Waals surface area contributed by atoms with Crippen LogP contribution in [0.2, 0.25) is 0 Å². The Morgan fingerprint density at radius 2 is 2.20 bits per heavy atom. The molecule has 4 heteroatoms. The van der Waals surface area contributed by atoms with Gasteiger partial charge in [0, 0.05) is 18.1 Å². The molecule has 20 heavy (non-hydrogen) atoms. The Kier molecular flexibility index (Phi) is 3.28. The number of carbonyl (C=O) groups is 1. The molecule has 4 atom stereocenters. The number of fused-ring (bicyclic) bond motifs is 2. The van der Waals surface area contributed by atoms with Crippen LogP contribution in [0.5, 0.6) is 0 Å². The lowest BCUT2D eigenvalue weighted by Crippen LogP contribution is -2.35. The summed E-state index contributed by atoms with van der Waals surface area (Å²) in [6.07, 6.45) is 2.74. The summed E-state index contributed by atoms with van der Waals surface area (Å²) in [7, 11) is 0. The molecule has 0 saturated carbocycles. The molecule has 2 saturated heterocycles. The average Bonchev–Trinajstić information content (AvgIpc) is 2.98. The second-order valence-electron chi connectivity index (χ2n) is 6.11. The van der Waals surface area contributed by atoms with E-state index in [2.05, 4.69) is 11.8 Å². The normalized spacial score (nSPS) is 30.6. The molecule has 2 aliphatic rings. The van der Waals surface area contributed by atoms with Crippen LogP contribution in [0.15, 0.2) is 18.2 Å². The summed E-state index contributed by atoms with van der Waals surface area (Å²) in [6, 6.07) is 5.86. The van der Waals surface area contributed by atoms with Crippen molar-refractivity contribution in [2.75, 3.05) is 0 Å². The molecule has 2 fully saturated rings. The molecule has 0 amide bonds. The lowest BCUT2D eigenvalue weighted by molar-refractivity contribution is -0.142. The maximum Gasteiger partial charge on any atom is 0.308 e. The van der Waals surface area contributed by atoms with Crippen LogP contribution in [0.3, 0.4) is 0 Å². The lowest BCUT2D eigenvalue weighted by Gasteiger charge is -2.30. The first-order valence-corrected chi connectivity index (χ1v) is 7.25. The van der Waals surface area contributed by atoms with Crippen molar-refractivity contribution < 1.29 is 14.3 Å². The van der Waals surface area contributed by atoms with Crippen molar-refractivity contribution in [3.05, 3.63) is 35.1 Å². The Labute approximate surface area is 118 Å². The third-order valence-corrected chi connectivity index (χ3v) is 5.03. The Morgan fingerprint density at radius 1 is 1.45 bits per heavy atom. The van der Waals surface area contributed by atoms with Gasteiger partial charge in [-0.15, -0.1) is 0 Å². The van der Waals surface area contributed by atoms with Crippen LogP contribution in [-0.2, 0) is 4.79 Å². The SMILES string of the molecule is Cc1ccc(C(C)N2C3CCC2C(C(=O)O)C3)cc1F. The van der Waals surface area contributed by atoms with Crippen LogP contribution in [-0.4, -0.2) is 28.1 Å². The first-order chi connectivity index (χ1) is 9.49. The molecule has 2 heterocycles. The van der Waals surface area contributed by atoms with Gasteiger partial charge in [-0.25, -0.2) is 4.39 Å². The van der Waals surface area contributed by atoms with Crippen LogP contribution >= 0.6 is 0 Å². The minimum atomic E-state index is -0.690. The highest BCUT2D eigenvalue weighted by molar-refractivity contribution is 5.71. The third kappa shape index (κ3) is 2.03. The van der Waals surface area contributed by atoms with E-state index in [1.54, 1.807) is 19.1 Å². The maximum absolute atomic E-state index is 13.7. The van der Waals surface area contributed by atoms with Gasteiger partial charge in [-0.1, -0.05) is 12.1 Å². The van der Waals surface area contributed by atoms with Crippen molar-refractivity contribution in [1.29, 1.82) is 0 Å². The summed E-state index contributed by atoms with van der Waals surface area (Å²) in [4.78, 5) is 13.6. The summed E-state index contributed by atoms with van der Waals surface area (Å²) in [5, 5.41) is 9.30. The van der Waals surface area contributed by atoms with Crippen molar-refractivity contribution in [2.45, 2.75) is 51.2 Å². The van der Waals surface area contributed by atoms with E-state index in [0.717, 1.165) is 24.8 Å². The van der Waals surface area contributed by atoms with E-state index >= 15 is 0 Å². The second-order valence-corrected chi connectivity index (χ2v) is 6.11. The molecule has 1 N–H and O–H groups in total. The van der Waals surface area contributed by atoms with E-state index < -0.39 is 5.97 Å². The number of aryl methyl sites for hydroxylation is 1. The van der Waals surface area contributed by atoms with Crippen LogP contribution in [0.25, 0.3) is 0 Å². The number of rotatable bonds is 3. The van der Waals surface area contributed by atoms with Crippen molar-refractivity contribution in [1.82, 2.24) is 4.90 Å². The molecular weight excluding hydrogens is 257 g/mol. The van der Waals surface area contributed by atoms with Gasteiger partial charge in [0.05, 0.1) is 5.92 Å². The van der Waals surface area contributed by atoms with E-state index in [-0.39, 0.29) is 23.8 Å². The van der Waals surface area contributed by atoms with E-state index in [1.807, 2.05) is 6.07 Å². The predicted molar refractivity (Wildman–Crippen MR) is 73.9 cm³/mol. The van der Waals surface area contributed by atoms with Gasteiger partial charge in [0.25, 0.3) is 0 Å². The van der Waals surface area contributed by atoms with Gasteiger partial charge in [0.2, 0.25) is 0 Å². The highest BCUT2D eigenvalue weighted by atomic mass is 19.1. The third-order valence-electron chi connectivity index (χ3n) is 5.03. The zero-order valence-corrected chi connectivity index (χ0v) is 11.8. The minimum absolute atomic E-state index is 0.0759. The van der Waals surface area contributed by atoms with E-state index in [1.165, 1.54) is 0 Å². The second kappa shape index (κ2) is 4.85. The Bertz CT molecular complexity index is 545. The Balaban J connectivity index is 1.86. The molecule has 0 aromatic heterocycles. The highest BCUT2D eigenvalue weighted by Crippen LogP contribution is 2.46. The smallest absolute Gasteiger partial charge is 0.308 e. The number of hydrogen-bond donors (Lipinski definition) is 1. The van der Waals surface area contributed by atoms with Crippen molar-refractivity contribution in [2.24, 2.45) is 5.92 Å². The molecule has 1 aromatic rings. The molecule has 1 aromatic carbocycles. The number of halogens is 1. The predicted octanol–water partition coefficient (Wildman–Crippen LogP) is 3.13. The number of hydrogen-bond acceptors (Lipinski definition) is 2. The number of benzene rings is 1. The molecule has 3 nitrogen and oxygen atoms in total. The fraction of sp³-hybridized carbons (Fsp3) is 0.562. The Morgan fingerprint density at radius 3 is 2.80 bits per heavy atom. The molecule has 108 valence electrons. The summed E-state index contributed by atoms with van der Waals surface area (Å²) >= 11 is 0.